The summed E-state index contributed by atoms with van der Waals surface area (Å²) in [7, 11) is 0. The Morgan fingerprint density at radius 3 is 2.80 bits per heavy atom. The quantitative estimate of drug-likeness (QED) is 0.775. The van der Waals surface area contributed by atoms with Gasteiger partial charge in [0.25, 0.3) is 0 Å². The average molecular weight is 316 g/mol. The van der Waals surface area contributed by atoms with Gasteiger partial charge in [-0.2, -0.15) is 0 Å². The molecule has 5 heteroatoms. The molecule has 1 amide bonds. The van der Waals surface area contributed by atoms with Crippen molar-refractivity contribution in [3.63, 3.8) is 0 Å². The van der Waals surface area contributed by atoms with E-state index < -0.39 is 0 Å². The molecule has 0 saturated carbocycles. The molecule has 1 aromatic rings. The molecule has 3 nitrogen and oxygen atoms in total. The van der Waals surface area contributed by atoms with Crippen molar-refractivity contribution in [3.8, 4) is 0 Å². The van der Waals surface area contributed by atoms with Gasteiger partial charge in [-0.15, -0.1) is 11.8 Å². The van der Waals surface area contributed by atoms with E-state index in [-0.39, 0.29) is 18.6 Å². The lowest BCUT2D eigenvalue weighted by atomic mass is 10.0. The van der Waals surface area contributed by atoms with E-state index in [1.807, 2.05) is 24.3 Å². The summed E-state index contributed by atoms with van der Waals surface area (Å²) in [5.74, 6) is 1.56. The monoisotopic (exact) mass is 315 g/mol. The van der Waals surface area contributed by atoms with Crippen LogP contribution in [0.2, 0.25) is 5.02 Å². The van der Waals surface area contributed by atoms with Crippen molar-refractivity contribution in [2.45, 2.75) is 32.1 Å². The van der Waals surface area contributed by atoms with Crippen molar-refractivity contribution in [1.82, 2.24) is 5.32 Å². The molecule has 0 saturated heterocycles. The van der Waals surface area contributed by atoms with Crippen molar-refractivity contribution in [1.29, 1.82) is 0 Å². The average Bonchev–Trinajstić information content (AvgIpc) is 2.37. The van der Waals surface area contributed by atoms with E-state index in [0.29, 0.717) is 16.7 Å². The molecule has 0 aromatic heterocycles. The van der Waals surface area contributed by atoms with Crippen LogP contribution >= 0.6 is 23.4 Å². The van der Waals surface area contributed by atoms with Crippen LogP contribution in [0.1, 0.15) is 25.8 Å². The summed E-state index contributed by atoms with van der Waals surface area (Å²) in [6.07, 6.45) is 0.793. The van der Waals surface area contributed by atoms with Crippen molar-refractivity contribution >= 4 is 29.3 Å². The third-order valence-corrected chi connectivity index (χ3v) is 3.97. The molecule has 1 unspecified atom stereocenters. The molecular formula is C15H22ClNO2S. The highest BCUT2D eigenvalue weighted by Crippen LogP contribution is 2.16. The second-order valence-electron chi connectivity index (χ2n) is 5.20. The number of nitrogens with one attached hydrogen (secondary N) is 1. The number of hydrogen-bond donors (Lipinski definition) is 2. The molecule has 20 heavy (non-hydrogen) atoms. The summed E-state index contributed by atoms with van der Waals surface area (Å²) in [5.41, 5.74) is 1.11. The number of halogens is 1. The first-order valence-electron chi connectivity index (χ1n) is 6.73. The maximum atomic E-state index is 11.8. The number of aliphatic hydroxyl groups is 1. The Kier molecular flexibility index (Phi) is 8.04. The fraction of sp³-hybridized carbons (Fsp3) is 0.533. The number of thioether (sulfide) groups is 1. The Balaban J connectivity index is 2.29. The second-order valence-corrected chi connectivity index (χ2v) is 6.62. The van der Waals surface area contributed by atoms with Crippen LogP contribution in [-0.2, 0) is 10.5 Å². The molecule has 1 atom stereocenters. The van der Waals surface area contributed by atoms with Gasteiger partial charge in [-0.1, -0.05) is 37.6 Å². The van der Waals surface area contributed by atoms with Crippen LogP contribution in [0, 0.1) is 5.92 Å². The van der Waals surface area contributed by atoms with Crippen LogP contribution in [0.4, 0.5) is 0 Å². The number of rotatable bonds is 8. The highest BCUT2D eigenvalue weighted by Gasteiger charge is 2.12. The van der Waals surface area contributed by atoms with Gasteiger partial charge in [0.1, 0.15) is 0 Å². The van der Waals surface area contributed by atoms with Gasteiger partial charge in [0, 0.05) is 10.8 Å². The lowest BCUT2D eigenvalue weighted by molar-refractivity contribution is -0.119. The molecule has 0 fully saturated rings. The van der Waals surface area contributed by atoms with Crippen LogP contribution in [0.3, 0.4) is 0 Å². The summed E-state index contributed by atoms with van der Waals surface area (Å²) < 4.78 is 0. The Hall–Kier alpha value is -0.710. The first-order valence-corrected chi connectivity index (χ1v) is 8.27. The molecular weight excluding hydrogens is 294 g/mol. The number of carbonyl (C=O) groups excluding carboxylic acids is 1. The molecule has 112 valence electrons. The molecule has 0 radical (unpaired) electrons. The van der Waals surface area contributed by atoms with Gasteiger partial charge in [0.2, 0.25) is 5.91 Å². The standard InChI is InChI=1S/C15H22ClNO2S/c1-11(2)6-14(8-18)17-15(19)10-20-9-12-4-3-5-13(16)7-12/h3-5,7,11,14,18H,6,8-10H2,1-2H3,(H,17,19). The lowest BCUT2D eigenvalue weighted by Crippen LogP contribution is -2.39. The summed E-state index contributed by atoms with van der Waals surface area (Å²) in [5, 5.41) is 12.8. The topological polar surface area (TPSA) is 49.3 Å². The van der Waals surface area contributed by atoms with E-state index in [1.54, 1.807) is 11.8 Å². The minimum absolute atomic E-state index is 0.0110. The Labute approximate surface area is 130 Å². The highest BCUT2D eigenvalue weighted by molar-refractivity contribution is 7.99. The van der Waals surface area contributed by atoms with Crippen LogP contribution in [0.15, 0.2) is 24.3 Å². The van der Waals surface area contributed by atoms with Crippen molar-refractivity contribution < 1.29 is 9.90 Å². The van der Waals surface area contributed by atoms with Crippen molar-refractivity contribution in [3.05, 3.63) is 34.9 Å². The summed E-state index contributed by atoms with van der Waals surface area (Å²) in [6.45, 7) is 4.13. The zero-order chi connectivity index (χ0) is 15.0. The van der Waals surface area contributed by atoms with Crippen LogP contribution in [-0.4, -0.2) is 29.4 Å². The minimum atomic E-state index is -0.144. The Bertz CT molecular complexity index is 426. The fourth-order valence-corrected chi connectivity index (χ4v) is 2.90. The maximum Gasteiger partial charge on any atom is 0.230 e. The minimum Gasteiger partial charge on any atom is -0.394 e. The molecule has 0 aliphatic carbocycles. The lowest BCUT2D eigenvalue weighted by Gasteiger charge is -2.18. The third kappa shape index (κ3) is 7.17. The predicted octanol–water partition coefficient (Wildman–Crippen LogP) is 3.10. The molecule has 0 aliphatic heterocycles. The van der Waals surface area contributed by atoms with Crippen molar-refractivity contribution in [2.75, 3.05) is 12.4 Å². The van der Waals surface area contributed by atoms with Gasteiger partial charge in [0.15, 0.2) is 0 Å². The predicted molar refractivity (Wildman–Crippen MR) is 86.1 cm³/mol. The molecule has 1 aromatic carbocycles. The van der Waals surface area contributed by atoms with Gasteiger partial charge in [-0.3, -0.25) is 4.79 Å². The largest absolute Gasteiger partial charge is 0.394 e. The van der Waals surface area contributed by atoms with Crippen LogP contribution in [0.25, 0.3) is 0 Å². The second kappa shape index (κ2) is 9.27. The SMILES string of the molecule is CC(C)CC(CO)NC(=O)CSCc1cccc(Cl)c1. The number of benzene rings is 1. The first kappa shape index (κ1) is 17.3. The van der Waals surface area contributed by atoms with Crippen molar-refractivity contribution in [2.24, 2.45) is 5.92 Å². The molecule has 0 spiro atoms. The molecule has 0 heterocycles. The van der Waals surface area contributed by atoms with Gasteiger partial charge >= 0.3 is 0 Å². The van der Waals surface area contributed by atoms with Gasteiger partial charge in [-0.05, 0) is 30.0 Å². The van der Waals surface area contributed by atoms with Gasteiger partial charge < -0.3 is 10.4 Å². The van der Waals surface area contributed by atoms with E-state index >= 15 is 0 Å². The maximum absolute atomic E-state index is 11.8. The third-order valence-electron chi connectivity index (χ3n) is 2.73. The van der Waals surface area contributed by atoms with E-state index in [4.69, 9.17) is 11.6 Å². The number of hydrogen-bond acceptors (Lipinski definition) is 3. The highest BCUT2D eigenvalue weighted by atomic mass is 35.5. The summed E-state index contributed by atoms with van der Waals surface area (Å²) >= 11 is 7.45. The Morgan fingerprint density at radius 1 is 1.45 bits per heavy atom. The number of aliphatic hydroxyl groups excluding tert-OH is 1. The zero-order valence-corrected chi connectivity index (χ0v) is 13.5. The van der Waals surface area contributed by atoms with Gasteiger partial charge in [0.05, 0.1) is 18.4 Å². The normalized spacial score (nSPS) is 12.4. The zero-order valence-electron chi connectivity index (χ0n) is 11.9. The molecule has 1 rings (SSSR count). The number of carbonyl (C=O) groups is 1. The van der Waals surface area contributed by atoms with Gasteiger partial charge in [-0.25, -0.2) is 0 Å². The van der Waals surface area contributed by atoms with Crippen LogP contribution < -0.4 is 5.32 Å². The van der Waals surface area contributed by atoms with Crippen LogP contribution in [0.5, 0.6) is 0 Å². The van der Waals surface area contributed by atoms with E-state index in [0.717, 1.165) is 17.7 Å². The number of amides is 1. The summed E-state index contributed by atoms with van der Waals surface area (Å²) in [6, 6.07) is 7.49. The molecule has 2 N–H and O–H groups in total. The van der Waals surface area contributed by atoms with E-state index in [1.165, 1.54) is 0 Å². The van der Waals surface area contributed by atoms with E-state index in [9.17, 15) is 9.90 Å². The van der Waals surface area contributed by atoms with E-state index in [2.05, 4.69) is 19.2 Å². The smallest absolute Gasteiger partial charge is 0.230 e. The molecule has 0 aliphatic rings. The molecule has 0 bridgehead atoms. The Morgan fingerprint density at radius 2 is 2.20 bits per heavy atom. The first-order chi connectivity index (χ1) is 9.51. The summed E-state index contributed by atoms with van der Waals surface area (Å²) in [4.78, 5) is 11.8. The fourth-order valence-electron chi connectivity index (χ4n) is 1.91.